The van der Waals surface area contributed by atoms with Crippen LogP contribution in [0.25, 0.3) is 0 Å². The fraction of sp³-hybridized carbons (Fsp3) is 0.706. The first-order valence-electron chi connectivity index (χ1n) is 8.65. The molecule has 0 aromatic carbocycles. The molecule has 7 nitrogen and oxygen atoms in total. The number of hydrogen-bond donors (Lipinski definition) is 0. The van der Waals surface area contributed by atoms with E-state index in [1.807, 2.05) is 27.7 Å². The fourth-order valence-corrected chi connectivity index (χ4v) is 3.40. The maximum atomic E-state index is 12.5. The quantitative estimate of drug-likeness (QED) is 0.710. The molecule has 3 rings (SSSR count). The molecule has 1 fully saturated rings. The van der Waals surface area contributed by atoms with Gasteiger partial charge in [0.2, 0.25) is 5.28 Å². The Morgan fingerprint density at radius 1 is 1.24 bits per heavy atom. The van der Waals surface area contributed by atoms with E-state index in [9.17, 15) is 4.79 Å². The molecule has 1 amide bonds. The number of anilines is 1. The molecule has 1 aromatic rings. The second-order valence-electron chi connectivity index (χ2n) is 7.38. The van der Waals surface area contributed by atoms with Gasteiger partial charge in [0.05, 0.1) is 24.9 Å². The van der Waals surface area contributed by atoms with Crippen LogP contribution in [0.5, 0.6) is 0 Å². The van der Waals surface area contributed by atoms with Gasteiger partial charge in [-0.15, -0.1) is 0 Å². The SMILES string of the molecule is CC1c2nc(Cl)nc(N3CCOCC3)c2CCN1C(=O)OC(C)(C)C. The highest BCUT2D eigenvalue weighted by Crippen LogP contribution is 2.35. The van der Waals surface area contributed by atoms with E-state index in [1.165, 1.54) is 0 Å². The maximum absolute atomic E-state index is 12.5. The molecule has 0 saturated carbocycles. The first-order chi connectivity index (χ1) is 11.8. The van der Waals surface area contributed by atoms with Gasteiger partial charge in [0, 0.05) is 25.2 Å². The van der Waals surface area contributed by atoms with Gasteiger partial charge >= 0.3 is 6.09 Å². The predicted molar refractivity (Wildman–Crippen MR) is 95.1 cm³/mol. The number of aromatic nitrogens is 2. The molecule has 8 heteroatoms. The minimum absolute atomic E-state index is 0.207. The van der Waals surface area contributed by atoms with Crippen LogP contribution in [0.2, 0.25) is 5.28 Å². The Morgan fingerprint density at radius 3 is 2.56 bits per heavy atom. The van der Waals surface area contributed by atoms with Crippen molar-refractivity contribution in [2.24, 2.45) is 0 Å². The average molecular weight is 369 g/mol. The Morgan fingerprint density at radius 2 is 1.92 bits per heavy atom. The Kier molecular flexibility index (Phi) is 5.06. The van der Waals surface area contributed by atoms with E-state index in [2.05, 4.69) is 14.9 Å². The standard InChI is InChI=1S/C17H25ClN4O3/c1-11-13-12(5-6-22(11)16(23)25-17(2,3)4)14(20-15(18)19-13)21-7-9-24-10-8-21/h11H,5-10H2,1-4H3. The third kappa shape index (κ3) is 3.98. The average Bonchev–Trinajstić information content (AvgIpc) is 2.54. The van der Waals surface area contributed by atoms with Crippen LogP contribution in [-0.4, -0.2) is 59.4 Å². The monoisotopic (exact) mass is 368 g/mol. The number of amides is 1. The molecule has 25 heavy (non-hydrogen) atoms. The molecule has 0 aliphatic carbocycles. The summed E-state index contributed by atoms with van der Waals surface area (Å²) in [5.74, 6) is 0.869. The van der Waals surface area contributed by atoms with E-state index in [-0.39, 0.29) is 17.4 Å². The van der Waals surface area contributed by atoms with Crippen molar-refractivity contribution in [3.8, 4) is 0 Å². The molecular formula is C17H25ClN4O3. The predicted octanol–water partition coefficient (Wildman–Crippen LogP) is 2.82. The van der Waals surface area contributed by atoms with Crippen molar-refractivity contribution in [3.05, 3.63) is 16.5 Å². The first kappa shape index (κ1) is 18.2. The number of ether oxygens (including phenoxy) is 2. The second-order valence-corrected chi connectivity index (χ2v) is 7.72. The summed E-state index contributed by atoms with van der Waals surface area (Å²) in [6.45, 7) is 11.0. The van der Waals surface area contributed by atoms with Crippen LogP contribution in [-0.2, 0) is 15.9 Å². The van der Waals surface area contributed by atoms with E-state index in [0.717, 1.165) is 30.2 Å². The van der Waals surface area contributed by atoms with Crippen LogP contribution < -0.4 is 4.90 Å². The number of rotatable bonds is 1. The minimum atomic E-state index is -0.528. The van der Waals surface area contributed by atoms with Crippen molar-refractivity contribution in [2.45, 2.75) is 45.8 Å². The number of fused-ring (bicyclic) bond motifs is 1. The molecule has 0 radical (unpaired) electrons. The Hall–Kier alpha value is -1.60. The van der Waals surface area contributed by atoms with Gasteiger partial charge < -0.3 is 14.4 Å². The second kappa shape index (κ2) is 6.96. The van der Waals surface area contributed by atoms with Gasteiger partial charge in [0.1, 0.15) is 11.4 Å². The fourth-order valence-electron chi connectivity index (χ4n) is 3.23. The zero-order valence-corrected chi connectivity index (χ0v) is 16.0. The van der Waals surface area contributed by atoms with Crippen LogP contribution in [0, 0.1) is 0 Å². The lowest BCUT2D eigenvalue weighted by Crippen LogP contribution is -2.44. The van der Waals surface area contributed by atoms with Crippen LogP contribution in [0.4, 0.5) is 10.6 Å². The third-order valence-electron chi connectivity index (χ3n) is 4.39. The molecule has 0 N–H and O–H groups in total. The van der Waals surface area contributed by atoms with E-state index in [0.29, 0.717) is 26.2 Å². The number of hydrogen-bond acceptors (Lipinski definition) is 6. The molecule has 1 unspecified atom stereocenters. The van der Waals surface area contributed by atoms with Crippen LogP contribution in [0.1, 0.15) is 45.0 Å². The van der Waals surface area contributed by atoms with Crippen molar-refractivity contribution in [3.63, 3.8) is 0 Å². The van der Waals surface area contributed by atoms with Crippen molar-refractivity contribution in [1.29, 1.82) is 0 Å². The highest BCUT2D eigenvalue weighted by Gasteiger charge is 2.35. The summed E-state index contributed by atoms with van der Waals surface area (Å²) in [7, 11) is 0. The van der Waals surface area contributed by atoms with E-state index < -0.39 is 5.60 Å². The number of morpholine rings is 1. The lowest BCUT2D eigenvalue weighted by Gasteiger charge is -2.37. The Labute approximate surface area is 153 Å². The zero-order valence-electron chi connectivity index (χ0n) is 15.2. The van der Waals surface area contributed by atoms with Gasteiger partial charge in [0.15, 0.2) is 0 Å². The van der Waals surface area contributed by atoms with Crippen LogP contribution >= 0.6 is 11.6 Å². The number of halogens is 1. The molecule has 1 saturated heterocycles. The largest absolute Gasteiger partial charge is 0.444 e. The summed E-state index contributed by atoms with van der Waals surface area (Å²) in [5.41, 5.74) is 1.34. The molecule has 138 valence electrons. The number of nitrogens with zero attached hydrogens (tertiary/aromatic N) is 4. The highest BCUT2D eigenvalue weighted by molar-refractivity contribution is 6.28. The molecule has 1 atom stereocenters. The number of carbonyl (C=O) groups excluding carboxylic acids is 1. The van der Waals surface area contributed by atoms with Gasteiger partial charge in [-0.25, -0.2) is 14.8 Å². The molecule has 2 aliphatic rings. The minimum Gasteiger partial charge on any atom is -0.444 e. The number of carbonyl (C=O) groups is 1. The lowest BCUT2D eigenvalue weighted by molar-refractivity contribution is 0.0155. The van der Waals surface area contributed by atoms with Gasteiger partial charge in [-0.3, -0.25) is 4.90 Å². The molecule has 0 bridgehead atoms. The van der Waals surface area contributed by atoms with Gasteiger partial charge in [-0.1, -0.05) is 0 Å². The normalized spacial score (nSPS) is 21.1. The van der Waals surface area contributed by atoms with E-state index in [1.54, 1.807) is 4.90 Å². The molecule has 0 spiro atoms. The van der Waals surface area contributed by atoms with Crippen molar-refractivity contribution in [1.82, 2.24) is 14.9 Å². The smallest absolute Gasteiger partial charge is 0.410 e. The van der Waals surface area contributed by atoms with Gasteiger partial charge in [-0.05, 0) is 45.7 Å². The van der Waals surface area contributed by atoms with E-state index >= 15 is 0 Å². The molecule has 3 heterocycles. The van der Waals surface area contributed by atoms with Crippen molar-refractivity contribution >= 4 is 23.5 Å². The van der Waals surface area contributed by atoms with Gasteiger partial charge in [-0.2, -0.15) is 0 Å². The molecule has 2 aliphatic heterocycles. The van der Waals surface area contributed by atoms with Crippen molar-refractivity contribution < 1.29 is 14.3 Å². The van der Waals surface area contributed by atoms with Crippen molar-refractivity contribution in [2.75, 3.05) is 37.7 Å². The summed E-state index contributed by atoms with van der Waals surface area (Å²) in [4.78, 5) is 25.3. The highest BCUT2D eigenvalue weighted by atomic mass is 35.5. The first-order valence-corrected chi connectivity index (χ1v) is 9.02. The maximum Gasteiger partial charge on any atom is 0.410 e. The molecule has 1 aromatic heterocycles. The summed E-state index contributed by atoms with van der Waals surface area (Å²) in [5, 5.41) is 0.207. The summed E-state index contributed by atoms with van der Waals surface area (Å²) in [6.07, 6.45) is 0.358. The van der Waals surface area contributed by atoms with Crippen LogP contribution in [0.15, 0.2) is 0 Å². The van der Waals surface area contributed by atoms with E-state index in [4.69, 9.17) is 21.1 Å². The third-order valence-corrected chi connectivity index (χ3v) is 4.56. The summed E-state index contributed by atoms with van der Waals surface area (Å²) >= 11 is 6.19. The van der Waals surface area contributed by atoms with Crippen LogP contribution in [0.3, 0.4) is 0 Å². The zero-order chi connectivity index (χ0) is 18.2. The Balaban J connectivity index is 1.89. The molecular weight excluding hydrogens is 344 g/mol. The summed E-state index contributed by atoms with van der Waals surface area (Å²) < 4.78 is 10.9. The van der Waals surface area contributed by atoms with Gasteiger partial charge in [0.25, 0.3) is 0 Å². The summed E-state index contributed by atoms with van der Waals surface area (Å²) in [6, 6.07) is -0.209. The lowest BCUT2D eigenvalue weighted by atomic mass is 9.99. The Bertz CT molecular complexity index is 656. The topological polar surface area (TPSA) is 67.8 Å².